The highest BCUT2D eigenvalue weighted by Crippen LogP contribution is 2.34. The highest BCUT2D eigenvalue weighted by atomic mass is 16.9. The molecule has 0 aromatic carbocycles. The maximum Gasteiger partial charge on any atom is 0.310 e. The van der Waals surface area contributed by atoms with Crippen LogP contribution in [0.25, 0.3) is 0 Å². The number of unbranched alkanes of at least 4 members (excludes halogenated alkanes) is 10. The molecule has 2 N–H and O–H groups in total. The summed E-state index contributed by atoms with van der Waals surface area (Å²) in [6.45, 7) is 13.0. The molecule has 250 valence electrons. The zero-order valence-electron chi connectivity index (χ0n) is 28.7. The van der Waals surface area contributed by atoms with E-state index in [4.69, 9.17) is 38.9 Å². The quantitative estimate of drug-likeness (QED) is 0.0685. The van der Waals surface area contributed by atoms with Gasteiger partial charge in [0.25, 0.3) is 5.97 Å². The number of nitrogens with two attached hydrogens (primary N) is 1. The van der Waals surface area contributed by atoms with Crippen LogP contribution in [0.5, 0.6) is 0 Å². The lowest BCUT2D eigenvalue weighted by atomic mass is 9.92. The molecule has 8 nitrogen and oxygen atoms in total. The lowest BCUT2D eigenvalue weighted by molar-refractivity contribution is -0.403. The summed E-state index contributed by atoms with van der Waals surface area (Å²) in [5.41, 5.74) is 5.73. The first-order valence-electron chi connectivity index (χ1n) is 16.7. The Kier molecular flexibility index (Phi) is 31.1. The maximum absolute atomic E-state index is 5.98. The second kappa shape index (κ2) is 29.7. The largest absolute Gasteiger partial charge is 0.373 e. The van der Waals surface area contributed by atoms with Crippen molar-refractivity contribution in [2.45, 2.75) is 155 Å². The zero-order chi connectivity index (χ0) is 31.2. The predicted octanol–water partition coefficient (Wildman–Crippen LogP) is 8.20. The summed E-state index contributed by atoms with van der Waals surface area (Å²) >= 11 is 0. The van der Waals surface area contributed by atoms with E-state index in [-0.39, 0.29) is 12.0 Å². The molecule has 0 saturated carbocycles. The summed E-state index contributed by atoms with van der Waals surface area (Å²) in [5.74, 6) is -1.73. The van der Waals surface area contributed by atoms with Crippen molar-refractivity contribution in [3.8, 4) is 0 Å². The SMILES string of the molecule is CCCCCCCCC(CCCN)C(OCC)(OCC)OCC.CCCCCCCCC(OC)C(OC)(OC)OC. The van der Waals surface area contributed by atoms with E-state index in [9.17, 15) is 0 Å². The van der Waals surface area contributed by atoms with Crippen molar-refractivity contribution in [2.24, 2.45) is 11.7 Å². The molecule has 0 radical (unpaired) electrons. The molecule has 0 aliphatic carbocycles. The van der Waals surface area contributed by atoms with E-state index < -0.39 is 11.9 Å². The fraction of sp³-hybridized carbons (Fsp3) is 1.00. The summed E-state index contributed by atoms with van der Waals surface area (Å²) in [7, 11) is 6.37. The molecular weight excluding hydrogens is 522 g/mol. The highest BCUT2D eigenvalue weighted by Gasteiger charge is 2.41. The van der Waals surface area contributed by atoms with E-state index >= 15 is 0 Å². The molecular formula is C33H71NO7. The third-order valence-corrected chi connectivity index (χ3v) is 7.55. The van der Waals surface area contributed by atoms with Crippen LogP contribution < -0.4 is 5.73 Å². The minimum Gasteiger partial charge on any atom is -0.373 e. The van der Waals surface area contributed by atoms with Gasteiger partial charge in [-0.1, -0.05) is 90.9 Å². The zero-order valence-corrected chi connectivity index (χ0v) is 28.7. The van der Waals surface area contributed by atoms with Gasteiger partial charge in [-0.2, -0.15) is 0 Å². The first-order chi connectivity index (χ1) is 19.9. The number of hydrogen-bond donors (Lipinski definition) is 1. The van der Waals surface area contributed by atoms with Gasteiger partial charge in [0.1, 0.15) is 6.10 Å². The Labute approximate surface area is 255 Å². The van der Waals surface area contributed by atoms with E-state index in [0.29, 0.717) is 26.4 Å². The highest BCUT2D eigenvalue weighted by molar-refractivity contribution is 4.73. The normalized spacial score (nSPS) is 13.6. The average Bonchev–Trinajstić information content (AvgIpc) is 2.98. The molecule has 2 atom stereocenters. The molecule has 8 heteroatoms. The second-order valence-electron chi connectivity index (χ2n) is 10.6. The van der Waals surface area contributed by atoms with Crippen LogP contribution in [0.3, 0.4) is 0 Å². The first-order valence-corrected chi connectivity index (χ1v) is 16.7. The molecule has 0 heterocycles. The summed E-state index contributed by atoms with van der Waals surface area (Å²) in [4.78, 5) is 0. The Morgan fingerprint density at radius 2 is 0.878 bits per heavy atom. The second-order valence-corrected chi connectivity index (χ2v) is 10.6. The van der Waals surface area contributed by atoms with Gasteiger partial charge in [-0.15, -0.1) is 0 Å². The number of rotatable bonds is 29. The van der Waals surface area contributed by atoms with E-state index in [0.717, 1.165) is 32.1 Å². The molecule has 0 saturated heterocycles. The summed E-state index contributed by atoms with van der Waals surface area (Å²) < 4.78 is 39.3. The first kappa shape index (κ1) is 42.8. The summed E-state index contributed by atoms with van der Waals surface area (Å²) in [6, 6.07) is 0. The number of ether oxygens (including phenoxy) is 7. The Hall–Kier alpha value is -0.320. The molecule has 0 aliphatic rings. The molecule has 0 spiro atoms. The van der Waals surface area contributed by atoms with E-state index in [2.05, 4.69) is 13.8 Å². The molecule has 0 amide bonds. The maximum atomic E-state index is 5.98. The van der Waals surface area contributed by atoms with Crippen LogP contribution in [0.4, 0.5) is 0 Å². The van der Waals surface area contributed by atoms with Crippen LogP contribution >= 0.6 is 0 Å². The fourth-order valence-electron chi connectivity index (χ4n) is 5.31. The molecule has 0 rings (SSSR count). The average molecular weight is 594 g/mol. The van der Waals surface area contributed by atoms with E-state index in [1.807, 2.05) is 20.8 Å². The van der Waals surface area contributed by atoms with Crippen LogP contribution in [0.15, 0.2) is 0 Å². The van der Waals surface area contributed by atoms with Crippen molar-refractivity contribution >= 4 is 0 Å². The van der Waals surface area contributed by atoms with Crippen LogP contribution in [0, 0.1) is 5.92 Å². The summed E-state index contributed by atoms with van der Waals surface area (Å²) in [5, 5.41) is 0. The van der Waals surface area contributed by atoms with Crippen molar-refractivity contribution in [3.05, 3.63) is 0 Å². The van der Waals surface area contributed by atoms with Gasteiger partial charge >= 0.3 is 5.97 Å². The van der Waals surface area contributed by atoms with Crippen LogP contribution in [-0.4, -0.2) is 72.9 Å². The van der Waals surface area contributed by atoms with Crippen molar-refractivity contribution in [2.75, 3.05) is 54.8 Å². The Morgan fingerprint density at radius 3 is 1.24 bits per heavy atom. The van der Waals surface area contributed by atoms with Gasteiger partial charge in [-0.25, -0.2) is 0 Å². The van der Waals surface area contributed by atoms with Crippen LogP contribution in [0.1, 0.15) is 137 Å². The molecule has 0 bridgehead atoms. The van der Waals surface area contributed by atoms with Gasteiger partial charge < -0.3 is 38.9 Å². The molecule has 41 heavy (non-hydrogen) atoms. The lowest BCUT2D eigenvalue weighted by Crippen LogP contribution is -2.48. The standard InChI is InChI=1S/C19H41NO3.C14H30O4/c1-5-9-10-11-12-13-15-18(16-14-17-20)19(21-6-2,22-7-3)23-8-4;1-6-7-8-9-10-11-12-13(15-2)14(16-3,17-4)18-5/h18H,5-17,20H2,1-4H3;13H,6-12H2,1-5H3. The Bertz CT molecular complexity index is 495. The van der Waals surface area contributed by atoms with Crippen molar-refractivity contribution in [1.82, 2.24) is 0 Å². The molecule has 2 unspecified atom stereocenters. The van der Waals surface area contributed by atoms with Crippen molar-refractivity contribution in [3.63, 3.8) is 0 Å². The van der Waals surface area contributed by atoms with Crippen molar-refractivity contribution in [1.29, 1.82) is 0 Å². The van der Waals surface area contributed by atoms with Crippen molar-refractivity contribution < 1.29 is 33.2 Å². The lowest BCUT2D eigenvalue weighted by Gasteiger charge is -2.39. The Balaban J connectivity index is 0. The third-order valence-electron chi connectivity index (χ3n) is 7.55. The molecule has 0 fully saturated rings. The van der Waals surface area contributed by atoms with E-state index in [1.54, 1.807) is 28.4 Å². The number of hydrogen-bond acceptors (Lipinski definition) is 8. The van der Waals surface area contributed by atoms with E-state index in [1.165, 1.54) is 70.6 Å². The summed E-state index contributed by atoms with van der Waals surface area (Å²) in [6.07, 6.45) is 19.0. The van der Waals surface area contributed by atoms with Crippen LogP contribution in [-0.2, 0) is 33.2 Å². The monoisotopic (exact) mass is 594 g/mol. The van der Waals surface area contributed by atoms with Gasteiger partial charge in [0.2, 0.25) is 0 Å². The van der Waals surface area contributed by atoms with Gasteiger partial charge in [-0.05, 0) is 53.0 Å². The van der Waals surface area contributed by atoms with Crippen LogP contribution in [0.2, 0.25) is 0 Å². The smallest absolute Gasteiger partial charge is 0.310 e. The number of methoxy groups -OCH3 is 4. The fourth-order valence-corrected chi connectivity index (χ4v) is 5.31. The Morgan fingerprint density at radius 1 is 0.488 bits per heavy atom. The van der Waals surface area contributed by atoms with Gasteiger partial charge in [0.05, 0.1) is 0 Å². The minimum atomic E-state index is -1.09. The molecule has 0 aromatic heterocycles. The van der Waals surface area contributed by atoms with Gasteiger partial charge in [-0.3, -0.25) is 0 Å². The van der Waals surface area contributed by atoms with Gasteiger partial charge in [0.15, 0.2) is 0 Å². The molecule has 0 aromatic rings. The van der Waals surface area contributed by atoms with Gasteiger partial charge in [0, 0.05) is 54.2 Å². The third kappa shape index (κ3) is 18.8. The minimum absolute atomic E-state index is 0.205. The molecule has 0 aliphatic heterocycles. The topological polar surface area (TPSA) is 90.6 Å². The predicted molar refractivity (Wildman–Crippen MR) is 170 cm³/mol.